The monoisotopic (exact) mass is 251 g/mol. The lowest BCUT2D eigenvalue weighted by Gasteiger charge is -1.91. The maximum absolute atomic E-state index is 3.90. The lowest BCUT2D eigenvalue weighted by atomic mass is 10.7. The maximum atomic E-state index is 3.90. The highest BCUT2D eigenvalue weighted by Crippen LogP contribution is 2.06. The molecule has 9 heavy (non-hydrogen) atoms. The highest BCUT2D eigenvalue weighted by Gasteiger charge is 1.94. The summed E-state index contributed by atoms with van der Waals surface area (Å²) in [5, 5.41) is 0. The Balaban J connectivity index is 3.17. The first-order chi connectivity index (χ1) is 4.18. The number of hydrogen-bond donors (Lipinski definition) is 0. The molecule has 5 heteroatoms. The summed E-state index contributed by atoms with van der Waals surface area (Å²) in [6.07, 6.45) is 0. The van der Waals surface area contributed by atoms with Gasteiger partial charge in [0.15, 0.2) is 0 Å². The summed E-state index contributed by atoms with van der Waals surface area (Å²) in [5.74, 6) is 0.698. The van der Waals surface area contributed by atoms with Crippen LogP contribution >= 0.6 is 31.9 Å². The third-order valence-electron chi connectivity index (χ3n) is 0.693. The van der Waals surface area contributed by atoms with Crippen molar-refractivity contribution in [2.24, 2.45) is 0 Å². The van der Waals surface area contributed by atoms with Crippen molar-refractivity contribution in [3.8, 4) is 0 Å². The van der Waals surface area contributed by atoms with Crippen LogP contribution in [-0.4, -0.2) is 15.0 Å². The minimum atomic E-state index is 0.557. The number of rotatable bonds is 0. The van der Waals surface area contributed by atoms with E-state index in [0.29, 0.717) is 15.3 Å². The molecular formula is C4H3Br2N3. The average molecular weight is 253 g/mol. The zero-order valence-corrected chi connectivity index (χ0v) is 7.77. The van der Waals surface area contributed by atoms with Crippen molar-refractivity contribution in [1.29, 1.82) is 0 Å². The summed E-state index contributed by atoms with van der Waals surface area (Å²) in [5.41, 5.74) is 0. The molecular weight excluding hydrogens is 250 g/mol. The highest BCUT2D eigenvalue weighted by atomic mass is 79.9. The first kappa shape index (κ1) is 7.08. The van der Waals surface area contributed by atoms with Gasteiger partial charge in [-0.15, -0.1) is 0 Å². The van der Waals surface area contributed by atoms with Gasteiger partial charge in [0.25, 0.3) is 0 Å². The fourth-order valence-corrected chi connectivity index (χ4v) is 1.51. The molecule has 0 fully saturated rings. The summed E-state index contributed by atoms with van der Waals surface area (Å²) in [7, 11) is 0. The van der Waals surface area contributed by atoms with Crippen molar-refractivity contribution in [3.05, 3.63) is 15.3 Å². The van der Waals surface area contributed by atoms with Crippen molar-refractivity contribution < 1.29 is 0 Å². The summed E-state index contributed by atoms with van der Waals surface area (Å²) in [6.45, 7) is 1.80. The van der Waals surface area contributed by atoms with Gasteiger partial charge in [0.05, 0.1) is 0 Å². The molecule has 3 nitrogen and oxygen atoms in total. The van der Waals surface area contributed by atoms with Gasteiger partial charge in [-0.2, -0.15) is 4.98 Å². The van der Waals surface area contributed by atoms with E-state index in [1.165, 1.54) is 0 Å². The van der Waals surface area contributed by atoms with Crippen molar-refractivity contribution in [1.82, 2.24) is 15.0 Å². The van der Waals surface area contributed by atoms with Gasteiger partial charge in [-0.3, -0.25) is 0 Å². The van der Waals surface area contributed by atoms with Gasteiger partial charge in [-0.05, 0) is 38.8 Å². The van der Waals surface area contributed by atoms with Gasteiger partial charge in [-0.25, -0.2) is 9.97 Å². The van der Waals surface area contributed by atoms with Crippen LogP contribution in [0.3, 0.4) is 0 Å². The minimum absolute atomic E-state index is 0.557. The molecule has 1 heterocycles. The Morgan fingerprint density at radius 2 is 1.44 bits per heavy atom. The molecule has 0 aliphatic carbocycles. The second-order valence-electron chi connectivity index (χ2n) is 1.42. The summed E-state index contributed by atoms with van der Waals surface area (Å²) in [4.78, 5) is 11.6. The predicted molar refractivity (Wildman–Crippen MR) is 40.0 cm³/mol. The van der Waals surface area contributed by atoms with E-state index >= 15 is 0 Å². The number of hydrogen-bond acceptors (Lipinski definition) is 3. The zero-order chi connectivity index (χ0) is 6.85. The first-order valence-corrected chi connectivity index (χ1v) is 3.81. The van der Waals surface area contributed by atoms with E-state index in [1.54, 1.807) is 6.92 Å². The second-order valence-corrected chi connectivity index (χ2v) is 2.84. The Labute approximate surface area is 69.2 Å². The van der Waals surface area contributed by atoms with Gasteiger partial charge >= 0.3 is 0 Å². The molecule has 0 aromatic carbocycles. The molecule has 1 rings (SSSR count). The lowest BCUT2D eigenvalue weighted by molar-refractivity contribution is 0.916. The molecule has 48 valence electrons. The molecule has 0 N–H and O–H groups in total. The lowest BCUT2D eigenvalue weighted by Crippen LogP contribution is -1.91. The summed E-state index contributed by atoms with van der Waals surface area (Å²) in [6, 6.07) is 0. The predicted octanol–water partition coefficient (Wildman–Crippen LogP) is 1.71. The van der Waals surface area contributed by atoms with E-state index < -0.39 is 0 Å². The van der Waals surface area contributed by atoms with Gasteiger partial charge in [0, 0.05) is 0 Å². The topological polar surface area (TPSA) is 38.7 Å². The van der Waals surface area contributed by atoms with Gasteiger partial charge in [-0.1, -0.05) is 0 Å². The van der Waals surface area contributed by atoms with E-state index in [1.807, 2.05) is 0 Å². The van der Waals surface area contributed by atoms with Crippen molar-refractivity contribution in [2.75, 3.05) is 0 Å². The largest absolute Gasteiger partial charge is 0.207 e. The van der Waals surface area contributed by atoms with Crippen molar-refractivity contribution >= 4 is 31.9 Å². The molecule has 0 amide bonds. The van der Waals surface area contributed by atoms with Crippen LogP contribution in [-0.2, 0) is 0 Å². The Bertz CT molecular complexity index is 175. The van der Waals surface area contributed by atoms with Gasteiger partial charge in [0.1, 0.15) is 5.82 Å². The quantitative estimate of drug-likeness (QED) is 0.706. The summed E-state index contributed by atoms with van der Waals surface area (Å²) >= 11 is 6.24. The fraction of sp³-hybridized carbons (Fsp3) is 0.250. The molecule has 0 unspecified atom stereocenters. The normalized spacial score (nSPS) is 9.67. The Kier molecular flexibility index (Phi) is 2.13. The summed E-state index contributed by atoms with van der Waals surface area (Å²) < 4.78 is 1.11. The van der Waals surface area contributed by atoms with Crippen LogP contribution in [0, 0.1) is 6.92 Å². The number of halogens is 2. The Hall–Kier alpha value is -0.0300. The highest BCUT2D eigenvalue weighted by molar-refractivity contribution is 9.11. The van der Waals surface area contributed by atoms with Crippen LogP contribution in [0.5, 0.6) is 0 Å². The van der Waals surface area contributed by atoms with Gasteiger partial charge < -0.3 is 0 Å². The van der Waals surface area contributed by atoms with E-state index in [0.717, 1.165) is 0 Å². The molecule has 0 saturated heterocycles. The smallest absolute Gasteiger partial charge is 0.200 e. The maximum Gasteiger partial charge on any atom is 0.200 e. The molecule has 0 saturated carbocycles. The van der Waals surface area contributed by atoms with Crippen LogP contribution in [0.4, 0.5) is 0 Å². The molecule has 0 bridgehead atoms. The van der Waals surface area contributed by atoms with Crippen LogP contribution in [0.1, 0.15) is 5.82 Å². The fourth-order valence-electron chi connectivity index (χ4n) is 0.418. The Morgan fingerprint density at radius 3 is 1.78 bits per heavy atom. The molecule has 0 atom stereocenters. The number of aromatic nitrogens is 3. The molecule has 1 aromatic heterocycles. The molecule has 0 aliphatic rings. The SMILES string of the molecule is Cc1nc(Br)nc(Br)n1. The van der Waals surface area contributed by atoms with Gasteiger partial charge in [0.2, 0.25) is 9.47 Å². The van der Waals surface area contributed by atoms with Crippen LogP contribution in [0.15, 0.2) is 9.47 Å². The average Bonchev–Trinajstić information content (AvgIpc) is 1.59. The van der Waals surface area contributed by atoms with Crippen LogP contribution < -0.4 is 0 Å². The van der Waals surface area contributed by atoms with Crippen molar-refractivity contribution in [3.63, 3.8) is 0 Å². The van der Waals surface area contributed by atoms with Crippen LogP contribution in [0.25, 0.3) is 0 Å². The van der Waals surface area contributed by atoms with Crippen LogP contribution in [0.2, 0.25) is 0 Å². The second kappa shape index (κ2) is 2.70. The molecule has 0 radical (unpaired) electrons. The van der Waals surface area contributed by atoms with E-state index in [2.05, 4.69) is 46.8 Å². The standard InChI is InChI=1S/C4H3Br2N3/c1-2-7-3(5)9-4(6)8-2/h1H3. The van der Waals surface area contributed by atoms with Crippen molar-refractivity contribution in [2.45, 2.75) is 6.92 Å². The Morgan fingerprint density at radius 1 is 1.00 bits per heavy atom. The van der Waals surface area contributed by atoms with E-state index in [9.17, 15) is 0 Å². The number of aryl methyl sites for hydroxylation is 1. The molecule has 0 aliphatic heterocycles. The zero-order valence-electron chi connectivity index (χ0n) is 4.60. The van der Waals surface area contributed by atoms with E-state index in [-0.39, 0.29) is 0 Å². The molecule has 1 aromatic rings. The minimum Gasteiger partial charge on any atom is -0.207 e. The third kappa shape index (κ3) is 1.98. The van der Waals surface area contributed by atoms with E-state index in [4.69, 9.17) is 0 Å². The molecule has 0 spiro atoms. The third-order valence-corrected chi connectivity index (χ3v) is 1.40. The number of nitrogens with zero attached hydrogens (tertiary/aromatic N) is 3. The first-order valence-electron chi connectivity index (χ1n) is 2.22.